The number of rotatable bonds is 4. The first-order chi connectivity index (χ1) is 6.44. The molecule has 2 unspecified atom stereocenters. The number of hydrogen-bond acceptors (Lipinski definition) is 4. The van der Waals surface area contributed by atoms with Gasteiger partial charge in [-0.25, -0.2) is 0 Å². The Kier molecular flexibility index (Phi) is 4.09. The molecule has 14 heavy (non-hydrogen) atoms. The van der Waals surface area contributed by atoms with Crippen molar-refractivity contribution in [3.63, 3.8) is 0 Å². The van der Waals surface area contributed by atoms with Crippen molar-refractivity contribution in [2.75, 3.05) is 12.8 Å². The fourth-order valence-electron chi connectivity index (χ4n) is 1.39. The minimum absolute atomic E-state index is 0.140. The standard InChI is InChI=1S/C9H21NO3Si/c1-6-11-14(4,5)7-10-12-8(2)9(3)13-10/h8-9H,6-7H2,1-5H3. The second-order valence-corrected chi connectivity index (χ2v) is 8.43. The Morgan fingerprint density at radius 3 is 2.14 bits per heavy atom. The summed E-state index contributed by atoms with van der Waals surface area (Å²) in [6.07, 6.45) is 1.04. The first-order valence-corrected chi connectivity index (χ1v) is 8.31. The van der Waals surface area contributed by atoms with E-state index in [1.165, 1.54) is 0 Å². The first-order valence-electron chi connectivity index (χ1n) is 5.19. The largest absolute Gasteiger partial charge is 0.416 e. The quantitative estimate of drug-likeness (QED) is 0.674. The summed E-state index contributed by atoms with van der Waals surface area (Å²) in [4.78, 5) is 11.0. The first kappa shape index (κ1) is 12.1. The molecule has 2 atom stereocenters. The van der Waals surface area contributed by atoms with Crippen LogP contribution >= 0.6 is 0 Å². The van der Waals surface area contributed by atoms with E-state index < -0.39 is 8.32 Å². The molecule has 1 saturated heterocycles. The Bertz CT molecular complexity index is 179. The number of nitrogens with zero attached hydrogens (tertiary/aromatic N) is 1. The lowest BCUT2D eigenvalue weighted by molar-refractivity contribution is -0.303. The molecule has 4 nitrogen and oxygen atoms in total. The summed E-state index contributed by atoms with van der Waals surface area (Å²) in [7, 11) is -1.65. The van der Waals surface area contributed by atoms with Crippen molar-refractivity contribution in [1.29, 1.82) is 0 Å². The van der Waals surface area contributed by atoms with Crippen molar-refractivity contribution < 1.29 is 14.1 Å². The second-order valence-electron chi connectivity index (χ2n) is 4.30. The van der Waals surface area contributed by atoms with Gasteiger partial charge in [0.15, 0.2) is 0 Å². The van der Waals surface area contributed by atoms with Crippen molar-refractivity contribution in [3.05, 3.63) is 0 Å². The zero-order chi connectivity index (χ0) is 10.8. The third-order valence-electron chi connectivity index (χ3n) is 2.27. The SMILES string of the molecule is CCO[Si](C)(C)CN1OC(C)C(C)O1. The molecule has 1 aliphatic rings. The highest BCUT2D eigenvalue weighted by Gasteiger charge is 2.34. The molecule has 0 amide bonds. The molecule has 0 spiro atoms. The topological polar surface area (TPSA) is 30.9 Å². The van der Waals surface area contributed by atoms with Crippen LogP contribution in [0.4, 0.5) is 0 Å². The predicted octanol–water partition coefficient (Wildman–Crippen LogP) is 1.72. The number of hydrogen-bond donors (Lipinski definition) is 0. The molecule has 0 aromatic heterocycles. The van der Waals surface area contributed by atoms with E-state index in [9.17, 15) is 0 Å². The monoisotopic (exact) mass is 219 g/mol. The normalized spacial score (nSPS) is 29.8. The highest BCUT2D eigenvalue weighted by molar-refractivity contribution is 6.71. The lowest BCUT2D eigenvalue weighted by Gasteiger charge is -2.25. The van der Waals surface area contributed by atoms with E-state index in [4.69, 9.17) is 14.1 Å². The van der Waals surface area contributed by atoms with Crippen LogP contribution in [0.5, 0.6) is 0 Å². The molecule has 0 saturated carbocycles. The summed E-state index contributed by atoms with van der Waals surface area (Å²) in [5, 5.41) is 1.59. The smallest absolute Gasteiger partial charge is 0.205 e. The fourth-order valence-corrected chi connectivity index (χ4v) is 3.03. The van der Waals surface area contributed by atoms with Gasteiger partial charge in [-0.1, -0.05) is 5.23 Å². The average molecular weight is 219 g/mol. The Hall–Kier alpha value is 0.0569. The highest BCUT2D eigenvalue weighted by atomic mass is 28.4. The molecular formula is C9H21NO3Si. The van der Waals surface area contributed by atoms with Crippen LogP contribution in [-0.2, 0) is 14.1 Å². The summed E-state index contributed by atoms with van der Waals surface area (Å²) in [6.45, 7) is 11.1. The second kappa shape index (κ2) is 4.72. The van der Waals surface area contributed by atoms with E-state index in [-0.39, 0.29) is 12.2 Å². The summed E-state index contributed by atoms with van der Waals surface area (Å²) in [6, 6.07) is 0. The van der Waals surface area contributed by atoms with Gasteiger partial charge in [0.05, 0.1) is 6.17 Å². The molecule has 1 fully saturated rings. The molecular weight excluding hydrogens is 198 g/mol. The van der Waals surface area contributed by atoms with Gasteiger partial charge in [0.1, 0.15) is 12.2 Å². The lowest BCUT2D eigenvalue weighted by atomic mass is 10.3. The van der Waals surface area contributed by atoms with Crippen molar-refractivity contribution in [3.8, 4) is 0 Å². The van der Waals surface area contributed by atoms with Gasteiger partial charge in [-0.2, -0.15) is 0 Å². The maximum absolute atomic E-state index is 5.70. The van der Waals surface area contributed by atoms with Crippen LogP contribution in [0.3, 0.4) is 0 Å². The van der Waals surface area contributed by atoms with Crippen LogP contribution < -0.4 is 0 Å². The van der Waals surface area contributed by atoms with E-state index in [2.05, 4.69) is 13.1 Å². The van der Waals surface area contributed by atoms with Crippen LogP contribution in [0.2, 0.25) is 13.1 Å². The van der Waals surface area contributed by atoms with Crippen molar-refractivity contribution >= 4 is 8.32 Å². The Morgan fingerprint density at radius 2 is 1.71 bits per heavy atom. The summed E-state index contributed by atoms with van der Waals surface area (Å²) in [5.41, 5.74) is 0. The Morgan fingerprint density at radius 1 is 1.21 bits per heavy atom. The van der Waals surface area contributed by atoms with Gasteiger partial charge < -0.3 is 4.43 Å². The highest BCUT2D eigenvalue weighted by Crippen LogP contribution is 2.19. The molecule has 0 N–H and O–H groups in total. The molecule has 0 radical (unpaired) electrons. The molecule has 1 aliphatic heterocycles. The summed E-state index contributed by atoms with van der Waals surface area (Å²) >= 11 is 0. The van der Waals surface area contributed by atoms with E-state index >= 15 is 0 Å². The third-order valence-corrected chi connectivity index (χ3v) is 4.36. The van der Waals surface area contributed by atoms with Gasteiger partial charge in [-0.3, -0.25) is 9.68 Å². The molecule has 5 heteroatoms. The summed E-state index contributed by atoms with van der Waals surface area (Å²) in [5.74, 6) is 0. The minimum Gasteiger partial charge on any atom is -0.416 e. The van der Waals surface area contributed by atoms with Crippen molar-refractivity contribution in [2.45, 2.75) is 46.1 Å². The molecule has 0 aromatic carbocycles. The van der Waals surface area contributed by atoms with E-state index in [1.54, 1.807) is 5.23 Å². The minimum atomic E-state index is -1.65. The molecule has 0 aliphatic carbocycles. The maximum atomic E-state index is 5.70. The summed E-state index contributed by atoms with van der Waals surface area (Å²) < 4.78 is 5.70. The zero-order valence-corrected chi connectivity index (χ0v) is 10.7. The van der Waals surface area contributed by atoms with Crippen LogP contribution in [0, 0.1) is 0 Å². The third kappa shape index (κ3) is 3.32. The van der Waals surface area contributed by atoms with Crippen LogP contribution in [0.25, 0.3) is 0 Å². The molecule has 0 aromatic rings. The van der Waals surface area contributed by atoms with Gasteiger partial charge in [-0.15, -0.1) is 0 Å². The van der Waals surface area contributed by atoms with Crippen molar-refractivity contribution in [2.24, 2.45) is 0 Å². The van der Waals surface area contributed by atoms with Crippen LogP contribution in [0.15, 0.2) is 0 Å². The Balaban J connectivity index is 2.38. The molecule has 84 valence electrons. The predicted molar refractivity (Wildman–Crippen MR) is 56.9 cm³/mol. The van der Waals surface area contributed by atoms with Gasteiger partial charge in [0.25, 0.3) is 0 Å². The van der Waals surface area contributed by atoms with Gasteiger partial charge in [-0.05, 0) is 33.9 Å². The maximum Gasteiger partial charge on any atom is 0.205 e. The lowest BCUT2D eigenvalue weighted by Crippen LogP contribution is -2.43. The van der Waals surface area contributed by atoms with Gasteiger partial charge >= 0.3 is 0 Å². The molecule has 0 bridgehead atoms. The number of hydroxylamine groups is 2. The van der Waals surface area contributed by atoms with Gasteiger partial charge in [0, 0.05) is 6.61 Å². The van der Waals surface area contributed by atoms with E-state index in [1.807, 2.05) is 20.8 Å². The van der Waals surface area contributed by atoms with E-state index in [0.29, 0.717) is 0 Å². The van der Waals surface area contributed by atoms with Crippen LogP contribution in [0.1, 0.15) is 20.8 Å². The average Bonchev–Trinajstić information content (AvgIpc) is 2.29. The van der Waals surface area contributed by atoms with Crippen LogP contribution in [-0.4, -0.2) is 38.5 Å². The zero-order valence-electron chi connectivity index (χ0n) is 9.74. The fraction of sp³-hybridized carbons (Fsp3) is 1.00. The Labute approximate surface area is 87.2 Å². The molecule has 1 rings (SSSR count). The molecule has 1 heterocycles. The van der Waals surface area contributed by atoms with E-state index in [0.717, 1.165) is 12.8 Å². The van der Waals surface area contributed by atoms with Crippen molar-refractivity contribution in [1.82, 2.24) is 5.23 Å². The van der Waals surface area contributed by atoms with Gasteiger partial charge in [0.2, 0.25) is 8.32 Å².